The highest BCUT2D eigenvalue weighted by Gasteiger charge is 2.22. The number of aromatic nitrogens is 1. The van der Waals surface area contributed by atoms with Crippen molar-refractivity contribution in [1.29, 1.82) is 0 Å². The van der Waals surface area contributed by atoms with Gasteiger partial charge in [0.1, 0.15) is 5.15 Å². The van der Waals surface area contributed by atoms with E-state index in [1.165, 1.54) is 0 Å². The Balaban J connectivity index is 1.61. The Morgan fingerprint density at radius 1 is 1.32 bits per heavy atom. The molecular weight excluding hydrogens is 376 g/mol. The summed E-state index contributed by atoms with van der Waals surface area (Å²) in [5.74, 6) is 0.773. The molecule has 0 spiro atoms. The van der Waals surface area contributed by atoms with Gasteiger partial charge in [-0.2, -0.15) is 0 Å². The van der Waals surface area contributed by atoms with E-state index in [1.807, 2.05) is 12.1 Å². The number of nitrogens with one attached hydrogen (secondary N) is 2. The fraction of sp³-hybridized carbons (Fsp3) is 0.650. The van der Waals surface area contributed by atoms with Gasteiger partial charge in [0.2, 0.25) is 5.91 Å². The summed E-state index contributed by atoms with van der Waals surface area (Å²) in [4.78, 5) is 22.4. The first kappa shape index (κ1) is 22.4. The van der Waals surface area contributed by atoms with Crippen LogP contribution in [0.2, 0.25) is 5.15 Å². The SMILES string of the molecule is CCNC(=NCCCCN1CCC(C(N)=O)CC1)NCCc1ccc(Cl)nc1. The molecule has 1 aromatic rings. The number of hydrogen-bond acceptors (Lipinski definition) is 4. The molecule has 8 heteroatoms. The normalized spacial score (nSPS) is 16.1. The molecule has 0 radical (unpaired) electrons. The molecule has 1 aliphatic heterocycles. The van der Waals surface area contributed by atoms with Gasteiger partial charge in [0.25, 0.3) is 0 Å². The molecule has 28 heavy (non-hydrogen) atoms. The van der Waals surface area contributed by atoms with E-state index in [2.05, 4.69) is 32.4 Å². The van der Waals surface area contributed by atoms with Gasteiger partial charge < -0.3 is 21.3 Å². The van der Waals surface area contributed by atoms with Crippen LogP contribution < -0.4 is 16.4 Å². The lowest BCUT2D eigenvalue weighted by atomic mass is 9.96. The lowest BCUT2D eigenvalue weighted by molar-refractivity contribution is -0.123. The highest BCUT2D eigenvalue weighted by molar-refractivity contribution is 6.29. The maximum absolute atomic E-state index is 11.2. The van der Waals surface area contributed by atoms with Crippen molar-refractivity contribution < 1.29 is 4.79 Å². The summed E-state index contributed by atoms with van der Waals surface area (Å²) in [5, 5.41) is 7.16. The number of pyridine rings is 1. The van der Waals surface area contributed by atoms with Crippen LogP contribution in [0.3, 0.4) is 0 Å². The number of aliphatic imine (C=N–C) groups is 1. The van der Waals surface area contributed by atoms with Crippen LogP contribution in [-0.4, -0.2) is 61.0 Å². The van der Waals surface area contributed by atoms with E-state index in [0.29, 0.717) is 5.15 Å². The van der Waals surface area contributed by atoms with Crippen LogP contribution >= 0.6 is 11.6 Å². The first-order valence-electron chi connectivity index (χ1n) is 10.2. The molecular formula is C20H33ClN6O. The first-order valence-corrected chi connectivity index (χ1v) is 10.6. The molecule has 1 amide bonds. The lowest BCUT2D eigenvalue weighted by Gasteiger charge is -2.30. The van der Waals surface area contributed by atoms with Crippen molar-refractivity contribution in [3.63, 3.8) is 0 Å². The fourth-order valence-corrected chi connectivity index (χ4v) is 3.41. The topological polar surface area (TPSA) is 95.6 Å². The number of carbonyl (C=O) groups excluding carboxylic acids is 1. The number of nitrogens with zero attached hydrogens (tertiary/aromatic N) is 3. The van der Waals surface area contributed by atoms with Crippen LogP contribution in [0.5, 0.6) is 0 Å². The molecule has 1 fully saturated rings. The Labute approximate surface area is 173 Å². The molecule has 0 bridgehead atoms. The number of carbonyl (C=O) groups is 1. The van der Waals surface area contributed by atoms with Gasteiger partial charge in [-0.25, -0.2) is 4.98 Å². The zero-order valence-electron chi connectivity index (χ0n) is 16.8. The summed E-state index contributed by atoms with van der Waals surface area (Å²) >= 11 is 5.81. The van der Waals surface area contributed by atoms with Gasteiger partial charge in [-0.3, -0.25) is 9.79 Å². The molecule has 156 valence electrons. The summed E-state index contributed by atoms with van der Waals surface area (Å²) in [6, 6.07) is 3.81. The predicted molar refractivity (Wildman–Crippen MR) is 115 cm³/mol. The monoisotopic (exact) mass is 408 g/mol. The molecule has 2 heterocycles. The highest BCUT2D eigenvalue weighted by Crippen LogP contribution is 2.16. The van der Waals surface area contributed by atoms with Gasteiger partial charge in [-0.15, -0.1) is 0 Å². The van der Waals surface area contributed by atoms with Crippen molar-refractivity contribution in [2.75, 3.05) is 39.3 Å². The van der Waals surface area contributed by atoms with Crippen LogP contribution in [0, 0.1) is 5.92 Å². The van der Waals surface area contributed by atoms with Crippen LogP contribution in [0.1, 0.15) is 38.2 Å². The molecule has 1 aliphatic rings. The number of unbranched alkanes of at least 4 members (excludes halogenated alkanes) is 1. The number of guanidine groups is 1. The molecule has 4 N–H and O–H groups in total. The molecule has 0 aromatic carbocycles. The van der Waals surface area contributed by atoms with Crippen LogP contribution in [0.15, 0.2) is 23.3 Å². The summed E-state index contributed by atoms with van der Waals surface area (Å²) in [7, 11) is 0. The average molecular weight is 409 g/mol. The van der Waals surface area contributed by atoms with E-state index < -0.39 is 0 Å². The van der Waals surface area contributed by atoms with Crippen molar-refractivity contribution >= 4 is 23.5 Å². The number of halogens is 1. The van der Waals surface area contributed by atoms with Gasteiger partial charge in [0.05, 0.1) is 0 Å². The van der Waals surface area contributed by atoms with Crippen LogP contribution in [0.4, 0.5) is 0 Å². The largest absolute Gasteiger partial charge is 0.369 e. The van der Waals surface area contributed by atoms with E-state index in [0.717, 1.165) is 82.9 Å². The van der Waals surface area contributed by atoms with Crippen molar-refractivity contribution in [1.82, 2.24) is 20.5 Å². The Hall–Kier alpha value is -1.86. The smallest absolute Gasteiger partial charge is 0.220 e. The molecule has 1 saturated heterocycles. The number of rotatable bonds is 10. The quantitative estimate of drug-likeness (QED) is 0.237. The number of primary amides is 1. The van der Waals surface area contributed by atoms with Crippen molar-refractivity contribution in [3.05, 3.63) is 29.0 Å². The molecule has 1 aromatic heterocycles. The van der Waals surface area contributed by atoms with Crippen LogP contribution in [-0.2, 0) is 11.2 Å². The third-order valence-electron chi connectivity index (χ3n) is 4.98. The van der Waals surface area contributed by atoms with Gasteiger partial charge in [0.15, 0.2) is 5.96 Å². The molecule has 0 saturated carbocycles. The number of amides is 1. The molecule has 7 nitrogen and oxygen atoms in total. The van der Waals surface area contributed by atoms with E-state index >= 15 is 0 Å². The third-order valence-corrected chi connectivity index (χ3v) is 5.20. The van der Waals surface area contributed by atoms with Crippen molar-refractivity contribution in [2.45, 2.75) is 39.0 Å². The molecule has 2 rings (SSSR count). The minimum absolute atomic E-state index is 0.0678. The second-order valence-electron chi connectivity index (χ2n) is 7.15. The Bertz CT molecular complexity index is 614. The van der Waals surface area contributed by atoms with Gasteiger partial charge in [-0.1, -0.05) is 17.7 Å². The maximum atomic E-state index is 11.2. The van der Waals surface area contributed by atoms with E-state index in [1.54, 1.807) is 6.20 Å². The summed E-state index contributed by atoms with van der Waals surface area (Å²) < 4.78 is 0. The predicted octanol–water partition coefficient (Wildman–Crippen LogP) is 1.81. The minimum Gasteiger partial charge on any atom is -0.369 e. The lowest BCUT2D eigenvalue weighted by Crippen LogP contribution is -2.39. The first-order chi connectivity index (χ1) is 13.6. The Kier molecular flexibility index (Phi) is 10.1. The standard InChI is InChI=1S/C20H33ClN6O/c1-2-23-20(25-11-7-16-5-6-18(21)26-15-16)24-10-3-4-12-27-13-8-17(9-14-27)19(22)28/h5-6,15,17H,2-4,7-14H2,1H3,(H2,22,28)(H2,23,24,25). The highest BCUT2D eigenvalue weighted by atomic mass is 35.5. The van der Waals surface area contributed by atoms with Crippen molar-refractivity contribution in [2.24, 2.45) is 16.6 Å². The molecule has 0 atom stereocenters. The Morgan fingerprint density at radius 2 is 2.11 bits per heavy atom. The van der Waals surface area contributed by atoms with Crippen molar-refractivity contribution in [3.8, 4) is 0 Å². The van der Waals surface area contributed by atoms with Gasteiger partial charge >= 0.3 is 0 Å². The fourth-order valence-electron chi connectivity index (χ4n) is 3.30. The number of piperidine rings is 1. The zero-order valence-corrected chi connectivity index (χ0v) is 17.5. The van der Waals surface area contributed by atoms with E-state index in [-0.39, 0.29) is 11.8 Å². The summed E-state index contributed by atoms with van der Waals surface area (Å²) in [6.45, 7) is 7.51. The summed E-state index contributed by atoms with van der Waals surface area (Å²) in [6.07, 6.45) is 6.63. The second-order valence-corrected chi connectivity index (χ2v) is 7.54. The minimum atomic E-state index is -0.148. The van der Waals surface area contributed by atoms with Gasteiger partial charge in [0, 0.05) is 31.7 Å². The average Bonchev–Trinajstić information content (AvgIpc) is 2.69. The zero-order chi connectivity index (χ0) is 20.2. The van der Waals surface area contributed by atoms with Crippen LogP contribution in [0.25, 0.3) is 0 Å². The number of nitrogens with two attached hydrogens (primary N) is 1. The third kappa shape index (κ3) is 8.44. The van der Waals surface area contributed by atoms with E-state index in [9.17, 15) is 4.79 Å². The summed E-state index contributed by atoms with van der Waals surface area (Å²) in [5.41, 5.74) is 6.53. The molecule has 0 unspecified atom stereocenters. The van der Waals surface area contributed by atoms with Gasteiger partial charge in [-0.05, 0) is 70.3 Å². The Morgan fingerprint density at radius 3 is 2.75 bits per heavy atom. The number of hydrogen-bond donors (Lipinski definition) is 3. The number of likely N-dealkylation sites (tertiary alicyclic amines) is 1. The maximum Gasteiger partial charge on any atom is 0.220 e. The molecule has 0 aliphatic carbocycles. The van der Waals surface area contributed by atoms with E-state index in [4.69, 9.17) is 17.3 Å². The second kappa shape index (κ2) is 12.6.